The summed E-state index contributed by atoms with van der Waals surface area (Å²) in [6.45, 7) is 2.70. The summed E-state index contributed by atoms with van der Waals surface area (Å²) in [5, 5.41) is 19.3. The third-order valence-corrected chi connectivity index (χ3v) is 5.49. The molecule has 0 saturated heterocycles. The minimum atomic E-state index is -1.05. The van der Waals surface area contributed by atoms with Crippen molar-refractivity contribution in [1.29, 1.82) is 0 Å². The van der Waals surface area contributed by atoms with Gasteiger partial charge in [0.1, 0.15) is 4.91 Å². The van der Waals surface area contributed by atoms with Gasteiger partial charge in [-0.05, 0) is 66.7 Å². The summed E-state index contributed by atoms with van der Waals surface area (Å²) in [4.78, 5) is 12.0. The molecule has 0 unspecified atom stereocenters. The van der Waals surface area contributed by atoms with Crippen molar-refractivity contribution >= 4 is 35.4 Å². The molecule has 1 N–H and O–H groups in total. The lowest BCUT2D eigenvalue weighted by Gasteiger charge is -2.08. The van der Waals surface area contributed by atoms with Crippen molar-refractivity contribution in [2.45, 2.75) is 18.6 Å². The first-order valence-electron chi connectivity index (χ1n) is 8.77. The van der Waals surface area contributed by atoms with Gasteiger partial charge in [-0.2, -0.15) is 0 Å². The van der Waals surface area contributed by atoms with Gasteiger partial charge in [0, 0.05) is 17.1 Å². The number of fused-ring (bicyclic) bond motifs is 1. The first-order chi connectivity index (χ1) is 14.0. The Morgan fingerprint density at radius 3 is 2.69 bits per heavy atom. The number of hydrogen-bond acceptors (Lipinski definition) is 6. The van der Waals surface area contributed by atoms with E-state index in [9.17, 15) is 9.90 Å². The Kier molecular flexibility index (Phi) is 5.46. The number of rotatable bonds is 6. The van der Waals surface area contributed by atoms with Gasteiger partial charge in [0.2, 0.25) is 6.79 Å². The number of aliphatic carboxylic acids is 1. The van der Waals surface area contributed by atoms with E-state index in [0.29, 0.717) is 39.6 Å². The predicted octanol–water partition coefficient (Wildman–Crippen LogP) is 4.56. The van der Waals surface area contributed by atoms with E-state index in [4.69, 9.17) is 21.1 Å². The zero-order chi connectivity index (χ0) is 20.4. The molecule has 4 rings (SSSR count). The summed E-state index contributed by atoms with van der Waals surface area (Å²) < 4.78 is 12.5. The first-order valence-corrected chi connectivity index (χ1v) is 9.96. The Morgan fingerprint density at radius 2 is 1.97 bits per heavy atom. The molecule has 0 atom stereocenters. The predicted molar refractivity (Wildman–Crippen MR) is 110 cm³/mol. The molecule has 0 aliphatic carbocycles. The molecular weight excluding hydrogens is 414 g/mol. The highest BCUT2D eigenvalue weighted by molar-refractivity contribution is 8.04. The minimum Gasteiger partial charge on any atom is -0.477 e. The molecule has 0 fully saturated rings. The summed E-state index contributed by atoms with van der Waals surface area (Å²) in [6, 6.07) is 12.5. The topological polar surface area (TPSA) is 86.5 Å². The van der Waals surface area contributed by atoms with Gasteiger partial charge in [-0.3, -0.25) is 0 Å². The van der Waals surface area contributed by atoms with Gasteiger partial charge in [0.05, 0.1) is 0 Å². The van der Waals surface area contributed by atoms with Crippen LogP contribution in [-0.2, 0) is 11.3 Å². The molecule has 3 aromatic rings. The number of halogens is 1. The average molecular weight is 430 g/mol. The van der Waals surface area contributed by atoms with E-state index in [1.807, 2.05) is 23.6 Å². The maximum atomic E-state index is 11.8. The van der Waals surface area contributed by atoms with Crippen LogP contribution in [0, 0.1) is 0 Å². The maximum Gasteiger partial charge on any atom is 0.342 e. The molecule has 9 heteroatoms. The first kappa shape index (κ1) is 19.4. The van der Waals surface area contributed by atoms with Crippen molar-refractivity contribution < 1.29 is 19.4 Å². The van der Waals surface area contributed by atoms with Crippen LogP contribution in [0.2, 0.25) is 5.02 Å². The van der Waals surface area contributed by atoms with Gasteiger partial charge in [-0.1, -0.05) is 17.7 Å². The Bertz CT molecular complexity index is 1100. The fourth-order valence-corrected chi connectivity index (χ4v) is 3.86. The van der Waals surface area contributed by atoms with E-state index in [-0.39, 0.29) is 11.7 Å². The average Bonchev–Trinajstić information content (AvgIpc) is 3.34. The van der Waals surface area contributed by atoms with Crippen LogP contribution in [0.15, 0.2) is 52.5 Å². The molecule has 1 aliphatic rings. The molecule has 0 bridgehead atoms. The molecule has 1 aromatic heterocycles. The van der Waals surface area contributed by atoms with E-state index in [1.165, 1.54) is 0 Å². The molecule has 7 nitrogen and oxygen atoms in total. The molecule has 0 spiro atoms. The molecule has 148 valence electrons. The highest BCUT2D eigenvalue weighted by atomic mass is 35.5. The zero-order valence-corrected chi connectivity index (χ0v) is 16.9. The molecule has 2 aromatic carbocycles. The molecule has 0 amide bonds. The number of carboxylic acid groups (broad SMARTS) is 1. The highest BCUT2D eigenvalue weighted by Gasteiger charge is 2.19. The lowest BCUT2D eigenvalue weighted by atomic mass is 10.2. The lowest BCUT2D eigenvalue weighted by molar-refractivity contribution is -0.131. The number of ether oxygens (including phenoxy) is 2. The van der Waals surface area contributed by atoms with Crippen molar-refractivity contribution in [3.63, 3.8) is 0 Å². The van der Waals surface area contributed by atoms with Crippen molar-refractivity contribution in [3.8, 4) is 22.9 Å². The SMILES string of the molecule is CCn1c(S/C(=C\c2ccc3c(c2)OCO3)C(=O)O)nnc1-c1ccc(Cl)cc1. The van der Waals surface area contributed by atoms with Gasteiger partial charge in [-0.15, -0.1) is 10.2 Å². The van der Waals surface area contributed by atoms with E-state index < -0.39 is 5.97 Å². The normalized spacial score (nSPS) is 13.0. The largest absolute Gasteiger partial charge is 0.477 e. The maximum absolute atomic E-state index is 11.8. The Labute approximate surface area is 175 Å². The van der Waals surface area contributed by atoms with Gasteiger partial charge in [0.25, 0.3) is 0 Å². The number of nitrogens with zero attached hydrogens (tertiary/aromatic N) is 3. The van der Waals surface area contributed by atoms with Gasteiger partial charge in [-0.25, -0.2) is 4.79 Å². The molecular formula is C20H16ClN3O4S. The Hall–Kier alpha value is -2.97. The van der Waals surface area contributed by atoms with Crippen LogP contribution in [0.1, 0.15) is 12.5 Å². The minimum absolute atomic E-state index is 0.119. The number of aromatic nitrogens is 3. The fraction of sp³-hybridized carbons (Fsp3) is 0.150. The summed E-state index contributed by atoms with van der Waals surface area (Å²) >= 11 is 7.01. The second kappa shape index (κ2) is 8.18. The van der Waals surface area contributed by atoms with Crippen LogP contribution in [-0.4, -0.2) is 32.6 Å². The van der Waals surface area contributed by atoms with Crippen molar-refractivity contribution in [2.75, 3.05) is 6.79 Å². The third-order valence-electron chi connectivity index (χ3n) is 4.24. The molecule has 0 saturated carbocycles. The number of thioether (sulfide) groups is 1. The standard InChI is InChI=1S/C20H16ClN3O4S/c1-2-24-18(13-4-6-14(21)7-5-13)22-23-20(24)29-17(19(25)26)10-12-3-8-15-16(9-12)28-11-27-15/h3-10H,2,11H2,1H3,(H,25,26)/b17-10-. The second-order valence-electron chi connectivity index (χ2n) is 6.09. The highest BCUT2D eigenvalue weighted by Crippen LogP contribution is 2.35. The lowest BCUT2D eigenvalue weighted by Crippen LogP contribution is -2.02. The smallest absolute Gasteiger partial charge is 0.342 e. The van der Waals surface area contributed by atoms with Crippen LogP contribution >= 0.6 is 23.4 Å². The van der Waals surface area contributed by atoms with Crippen LogP contribution in [0.3, 0.4) is 0 Å². The van der Waals surface area contributed by atoms with Crippen LogP contribution < -0.4 is 9.47 Å². The molecule has 0 radical (unpaired) electrons. The van der Waals surface area contributed by atoms with Crippen molar-refractivity contribution in [2.24, 2.45) is 0 Å². The van der Waals surface area contributed by atoms with E-state index >= 15 is 0 Å². The van der Waals surface area contributed by atoms with Gasteiger partial charge < -0.3 is 19.1 Å². The second-order valence-corrected chi connectivity index (χ2v) is 7.53. The Balaban J connectivity index is 1.65. The molecule has 2 heterocycles. The summed E-state index contributed by atoms with van der Waals surface area (Å²) in [6.07, 6.45) is 1.58. The van der Waals surface area contributed by atoms with Crippen molar-refractivity contribution in [1.82, 2.24) is 14.8 Å². The summed E-state index contributed by atoms with van der Waals surface area (Å²) in [5.74, 6) is 0.839. The quantitative estimate of drug-likeness (QED) is 0.453. The van der Waals surface area contributed by atoms with E-state index in [1.54, 1.807) is 36.4 Å². The summed E-state index contributed by atoms with van der Waals surface area (Å²) in [7, 11) is 0. The van der Waals surface area contributed by atoms with Crippen LogP contribution in [0.25, 0.3) is 17.5 Å². The van der Waals surface area contributed by atoms with Gasteiger partial charge >= 0.3 is 5.97 Å². The summed E-state index contributed by atoms with van der Waals surface area (Å²) in [5.41, 5.74) is 1.55. The molecule has 1 aliphatic heterocycles. The number of hydrogen-bond donors (Lipinski definition) is 1. The Morgan fingerprint density at radius 1 is 1.21 bits per heavy atom. The molecule has 29 heavy (non-hydrogen) atoms. The van der Waals surface area contributed by atoms with Gasteiger partial charge in [0.15, 0.2) is 22.5 Å². The number of carboxylic acids is 1. The third kappa shape index (κ3) is 4.08. The zero-order valence-electron chi connectivity index (χ0n) is 15.3. The number of benzene rings is 2. The van der Waals surface area contributed by atoms with E-state index in [0.717, 1.165) is 17.3 Å². The van der Waals surface area contributed by atoms with Crippen LogP contribution in [0.4, 0.5) is 0 Å². The van der Waals surface area contributed by atoms with Crippen molar-refractivity contribution in [3.05, 3.63) is 58.0 Å². The monoisotopic (exact) mass is 429 g/mol. The van der Waals surface area contributed by atoms with Crippen LogP contribution in [0.5, 0.6) is 11.5 Å². The number of carbonyl (C=O) groups is 1. The fourth-order valence-electron chi connectivity index (χ4n) is 2.85. The van der Waals surface area contributed by atoms with E-state index in [2.05, 4.69) is 10.2 Å².